The molecular formula is C24H35N5O2. The zero-order chi connectivity index (χ0) is 21.7. The molecule has 2 amide bonds. The fourth-order valence-corrected chi connectivity index (χ4v) is 6.15. The third kappa shape index (κ3) is 3.61. The number of rotatable bonds is 2. The summed E-state index contributed by atoms with van der Waals surface area (Å²) in [6, 6.07) is 7.04. The predicted molar refractivity (Wildman–Crippen MR) is 121 cm³/mol. The lowest BCUT2D eigenvalue weighted by molar-refractivity contribution is -0.155. The van der Waals surface area contributed by atoms with Crippen molar-refractivity contribution in [2.45, 2.75) is 57.7 Å². The van der Waals surface area contributed by atoms with Gasteiger partial charge in [-0.25, -0.2) is 5.01 Å². The van der Waals surface area contributed by atoms with Crippen LogP contribution in [-0.2, 0) is 9.59 Å². The molecule has 0 radical (unpaired) electrons. The van der Waals surface area contributed by atoms with Gasteiger partial charge in [-0.2, -0.15) is 0 Å². The minimum atomic E-state index is -0.0170. The number of hydrazine groups is 1. The van der Waals surface area contributed by atoms with Crippen LogP contribution in [0, 0.1) is 19.8 Å². The smallest absolute Gasteiger partial charge is 0.241 e. The number of hydrogen-bond acceptors (Lipinski definition) is 5. The van der Waals surface area contributed by atoms with E-state index in [4.69, 9.17) is 0 Å². The van der Waals surface area contributed by atoms with Crippen LogP contribution in [0.2, 0.25) is 0 Å². The maximum atomic E-state index is 13.4. The van der Waals surface area contributed by atoms with Gasteiger partial charge in [-0.1, -0.05) is 12.1 Å². The molecule has 0 spiro atoms. The number of carbonyl (C=O) groups is 2. The number of aryl methyl sites for hydroxylation is 2. The molecule has 3 heterocycles. The number of amides is 2. The lowest BCUT2D eigenvalue weighted by Gasteiger charge is -2.51. The summed E-state index contributed by atoms with van der Waals surface area (Å²) in [5, 5.41) is 2.21. The Labute approximate surface area is 185 Å². The third-order valence-corrected chi connectivity index (χ3v) is 7.96. The Morgan fingerprint density at radius 1 is 1.03 bits per heavy atom. The molecule has 168 valence electrons. The molecular weight excluding hydrogens is 390 g/mol. The first kappa shape index (κ1) is 20.8. The monoisotopic (exact) mass is 425 g/mol. The summed E-state index contributed by atoms with van der Waals surface area (Å²) < 4.78 is 0. The quantitative estimate of drug-likeness (QED) is 0.779. The Morgan fingerprint density at radius 3 is 2.58 bits per heavy atom. The Bertz CT molecular complexity index is 866. The maximum Gasteiger partial charge on any atom is 0.241 e. The molecule has 1 aromatic carbocycles. The normalized spacial score (nSPS) is 31.6. The van der Waals surface area contributed by atoms with Gasteiger partial charge in [0, 0.05) is 63.5 Å². The van der Waals surface area contributed by atoms with Crippen molar-refractivity contribution in [2.75, 3.05) is 44.7 Å². The number of carbonyl (C=O) groups excluding carboxylic acids is 2. The second-order valence-corrected chi connectivity index (χ2v) is 9.82. The van der Waals surface area contributed by atoms with E-state index < -0.39 is 0 Å². The van der Waals surface area contributed by atoms with Crippen LogP contribution in [-0.4, -0.2) is 84.5 Å². The molecule has 4 atom stereocenters. The van der Waals surface area contributed by atoms with E-state index in [0.717, 1.165) is 58.4 Å². The van der Waals surface area contributed by atoms with Gasteiger partial charge in [-0.15, -0.1) is 0 Å². The van der Waals surface area contributed by atoms with E-state index in [9.17, 15) is 9.59 Å². The van der Waals surface area contributed by atoms with E-state index in [1.54, 1.807) is 0 Å². The van der Waals surface area contributed by atoms with Gasteiger partial charge in [0.2, 0.25) is 11.8 Å². The summed E-state index contributed by atoms with van der Waals surface area (Å²) in [4.78, 5) is 32.6. The van der Waals surface area contributed by atoms with E-state index in [-0.39, 0.29) is 29.8 Å². The summed E-state index contributed by atoms with van der Waals surface area (Å²) in [5.41, 5.74) is 7.29. The molecule has 7 nitrogen and oxygen atoms in total. The molecule has 3 saturated heterocycles. The lowest BCUT2D eigenvalue weighted by atomic mass is 9.78. The van der Waals surface area contributed by atoms with E-state index in [2.05, 4.69) is 52.3 Å². The Hall–Kier alpha value is -2.12. The van der Waals surface area contributed by atoms with Crippen LogP contribution in [0.4, 0.5) is 5.69 Å². The van der Waals surface area contributed by atoms with Gasteiger partial charge in [0.05, 0.1) is 0 Å². The van der Waals surface area contributed by atoms with Crippen LogP contribution < -0.4 is 10.3 Å². The number of nitrogens with zero attached hydrogens (tertiary/aromatic N) is 4. The highest BCUT2D eigenvalue weighted by Crippen LogP contribution is 2.37. The standard InChI is InChI=1S/C24H35N5O2/c1-16-4-5-17(2)21(14-16)27-10-12-28(13-11-27)23(30)18-6-7-19-22(15-18)26(3)24(31)20-8-9-25-29(19)20/h4-5,14,18-20,22,25H,6-13,15H2,1-3H3. The zero-order valence-corrected chi connectivity index (χ0v) is 19.0. The fourth-order valence-electron chi connectivity index (χ4n) is 6.15. The average molecular weight is 426 g/mol. The summed E-state index contributed by atoms with van der Waals surface area (Å²) in [6.45, 7) is 8.49. The van der Waals surface area contributed by atoms with Crippen molar-refractivity contribution in [1.29, 1.82) is 0 Å². The number of fused-ring (bicyclic) bond motifs is 3. The van der Waals surface area contributed by atoms with Crippen molar-refractivity contribution in [3.05, 3.63) is 29.3 Å². The van der Waals surface area contributed by atoms with Gasteiger partial charge in [0.1, 0.15) is 6.04 Å². The molecule has 4 fully saturated rings. The fraction of sp³-hybridized carbons (Fsp3) is 0.667. The molecule has 1 saturated carbocycles. The van der Waals surface area contributed by atoms with Crippen LogP contribution in [0.3, 0.4) is 0 Å². The van der Waals surface area contributed by atoms with Gasteiger partial charge in [-0.05, 0) is 56.7 Å². The summed E-state index contributed by atoms with van der Waals surface area (Å²) in [5.74, 6) is 0.529. The average Bonchev–Trinajstić information content (AvgIpc) is 3.29. The first-order chi connectivity index (χ1) is 14.9. The zero-order valence-electron chi connectivity index (χ0n) is 19.0. The summed E-state index contributed by atoms with van der Waals surface area (Å²) >= 11 is 0. The molecule has 4 aliphatic rings. The number of hydrogen-bond donors (Lipinski definition) is 1. The van der Waals surface area contributed by atoms with Crippen molar-refractivity contribution in [1.82, 2.24) is 20.2 Å². The Morgan fingerprint density at radius 2 is 1.81 bits per heavy atom. The van der Waals surface area contributed by atoms with Gasteiger partial charge >= 0.3 is 0 Å². The molecule has 31 heavy (non-hydrogen) atoms. The highest BCUT2D eigenvalue weighted by atomic mass is 16.2. The van der Waals surface area contributed by atoms with E-state index in [0.29, 0.717) is 6.04 Å². The van der Waals surface area contributed by atoms with Crippen LogP contribution in [0.5, 0.6) is 0 Å². The SMILES string of the molecule is Cc1ccc(C)c(N2CCN(C(=O)C3CCC4C(C3)N(C)C(=O)C3CCNN34)CC2)c1. The lowest BCUT2D eigenvalue weighted by Crippen LogP contribution is -2.67. The number of nitrogens with one attached hydrogen (secondary N) is 1. The van der Waals surface area contributed by atoms with Crippen LogP contribution >= 0.6 is 0 Å². The maximum absolute atomic E-state index is 13.4. The molecule has 0 aromatic heterocycles. The topological polar surface area (TPSA) is 59.1 Å². The van der Waals surface area contributed by atoms with E-state index in [1.165, 1.54) is 16.8 Å². The van der Waals surface area contributed by atoms with E-state index >= 15 is 0 Å². The van der Waals surface area contributed by atoms with Gasteiger partial charge in [-0.3, -0.25) is 15.0 Å². The van der Waals surface area contributed by atoms with Crippen molar-refractivity contribution in [3.8, 4) is 0 Å². The third-order valence-electron chi connectivity index (χ3n) is 7.96. The number of piperazine rings is 2. The van der Waals surface area contributed by atoms with Crippen molar-refractivity contribution < 1.29 is 9.59 Å². The van der Waals surface area contributed by atoms with Gasteiger partial charge in [0.15, 0.2) is 0 Å². The number of likely N-dealkylation sites (N-methyl/N-ethyl adjacent to an activating group) is 1. The van der Waals surface area contributed by atoms with Crippen LogP contribution in [0.25, 0.3) is 0 Å². The molecule has 3 aliphatic heterocycles. The molecule has 1 aliphatic carbocycles. The van der Waals surface area contributed by atoms with Gasteiger partial charge in [0.25, 0.3) is 0 Å². The van der Waals surface area contributed by atoms with Crippen molar-refractivity contribution >= 4 is 17.5 Å². The van der Waals surface area contributed by atoms with Gasteiger partial charge < -0.3 is 14.7 Å². The number of benzene rings is 1. The van der Waals surface area contributed by atoms with Crippen molar-refractivity contribution in [3.63, 3.8) is 0 Å². The molecule has 1 N–H and O–H groups in total. The highest BCUT2D eigenvalue weighted by Gasteiger charge is 2.50. The molecule has 4 unspecified atom stereocenters. The second-order valence-electron chi connectivity index (χ2n) is 9.82. The molecule has 5 rings (SSSR count). The Kier molecular flexibility index (Phi) is 5.42. The first-order valence-electron chi connectivity index (χ1n) is 11.8. The highest BCUT2D eigenvalue weighted by molar-refractivity contribution is 5.84. The summed E-state index contributed by atoms with van der Waals surface area (Å²) in [6.07, 6.45) is 3.57. The molecule has 7 heteroatoms. The molecule has 0 bridgehead atoms. The minimum Gasteiger partial charge on any atom is -0.368 e. The Balaban J connectivity index is 1.22. The molecule has 1 aromatic rings. The van der Waals surface area contributed by atoms with Crippen LogP contribution in [0.15, 0.2) is 18.2 Å². The largest absolute Gasteiger partial charge is 0.368 e. The number of anilines is 1. The predicted octanol–water partition coefficient (Wildman–Crippen LogP) is 1.54. The second kappa shape index (κ2) is 8.10. The van der Waals surface area contributed by atoms with E-state index in [1.807, 2.05) is 11.9 Å². The summed E-state index contributed by atoms with van der Waals surface area (Å²) in [7, 11) is 1.94. The van der Waals surface area contributed by atoms with Crippen LogP contribution in [0.1, 0.15) is 36.8 Å². The minimum absolute atomic E-state index is 0.0170. The van der Waals surface area contributed by atoms with Crippen molar-refractivity contribution in [2.24, 2.45) is 5.92 Å². The first-order valence-corrected chi connectivity index (χ1v) is 11.8.